The van der Waals surface area contributed by atoms with Gasteiger partial charge in [0, 0.05) is 38.2 Å². The molecule has 0 aliphatic rings. The summed E-state index contributed by atoms with van der Waals surface area (Å²) >= 11 is 0. The molecule has 0 saturated heterocycles. The van der Waals surface area contributed by atoms with E-state index < -0.39 is 0 Å². The zero-order valence-corrected chi connectivity index (χ0v) is 39.5. The summed E-state index contributed by atoms with van der Waals surface area (Å²) in [4.78, 5) is 20.5. The van der Waals surface area contributed by atoms with Crippen LogP contribution in [0, 0.1) is 29.2 Å². The van der Waals surface area contributed by atoms with Crippen molar-refractivity contribution in [3.63, 3.8) is 0 Å². The fraction of sp³-hybridized carbons (Fsp3) is 0. The number of para-hydroxylation sites is 5. The lowest BCUT2D eigenvalue weighted by Gasteiger charge is -2.19. The maximum absolute atomic E-state index is 9.98. The molecule has 0 bridgehead atoms. The average molecular weight is 943 g/mol. The highest BCUT2D eigenvalue weighted by Gasteiger charge is 2.24. The van der Waals surface area contributed by atoms with Crippen molar-refractivity contribution in [1.82, 2.24) is 24.1 Å². The van der Waals surface area contributed by atoms with Crippen LogP contribution in [0.15, 0.2) is 231 Å². The molecular weight excluding hydrogens is 905 g/mol. The highest BCUT2D eigenvalue weighted by Crippen LogP contribution is 2.43. The summed E-state index contributed by atoms with van der Waals surface area (Å²) in [5, 5.41) is 24.4. The third-order valence-electron chi connectivity index (χ3n) is 13.9. The van der Waals surface area contributed by atoms with E-state index in [1.54, 1.807) is 0 Å². The molecule has 0 atom stereocenters. The van der Waals surface area contributed by atoms with Gasteiger partial charge in [-0.3, -0.25) is 0 Å². The quantitative estimate of drug-likeness (QED) is 0.141. The van der Waals surface area contributed by atoms with Crippen LogP contribution in [0.5, 0.6) is 0 Å². The number of nitriles is 2. The highest BCUT2D eigenvalue weighted by molar-refractivity contribution is 6.11. The number of fused-ring (bicyclic) bond motifs is 6. The Morgan fingerprint density at radius 1 is 0.338 bits per heavy atom. The molecule has 342 valence electrons. The van der Waals surface area contributed by atoms with Crippen LogP contribution in [0.2, 0.25) is 0 Å². The topological polar surface area (TPSA) is 100 Å². The van der Waals surface area contributed by atoms with Crippen molar-refractivity contribution in [1.29, 1.82) is 10.5 Å². The summed E-state index contributed by atoms with van der Waals surface area (Å²) in [5.41, 5.74) is 14.8. The number of hydrogen-bond acceptors (Lipinski definition) is 5. The summed E-state index contributed by atoms with van der Waals surface area (Å²) in [6, 6.07) is 81.9. The second-order valence-corrected chi connectivity index (χ2v) is 18.1. The first-order valence-electron chi connectivity index (χ1n) is 24.2. The van der Waals surface area contributed by atoms with Crippen molar-refractivity contribution in [3.05, 3.63) is 253 Å². The molecule has 8 nitrogen and oxygen atoms in total. The van der Waals surface area contributed by atoms with Crippen LogP contribution in [0.3, 0.4) is 0 Å². The van der Waals surface area contributed by atoms with Crippen LogP contribution < -0.4 is 0 Å². The highest BCUT2D eigenvalue weighted by atomic mass is 15.1. The van der Waals surface area contributed by atoms with Gasteiger partial charge in [-0.25, -0.2) is 19.8 Å². The Hall–Kier alpha value is -10.7. The molecule has 0 saturated carbocycles. The van der Waals surface area contributed by atoms with E-state index in [1.807, 2.05) is 97.1 Å². The SMILES string of the molecule is [C-]#[N+]c1ccccc1-c1ccccc1-c1nc(-c2ccc(-c3cccc(C#N)c3)cc2-n2c3ccccc3c3ccccc32)nc(-c2ccc(-c3cccc(C#N)c3)cc2-n2c3ccccc3c3ccccc32)n1. The molecule has 74 heavy (non-hydrogen) atoms. The van der Waals surface area contributed by atoms with Crippen molar-refractivity contribution >= 4 is 49.3 Å². The summed E-state index contributed by atoms with van der Waals surface area (Å²) < 4.78 is 4.57. The Morgan fingerprint density at radius 2 is 0.703 bits per heavy atom. The van der Waals surface area contributed by atoms with E-state index in [9.17, 15) is 10.5 Å². The molecule has 0 radical (unpaired) electrons. The maximum atomic E-state index is 9.98. The molecule has 10 aromatic carbocycles. The van der Waals surface area contributed by atoms with E-state index in [0.29, 0.717) is 34.3 Å². The van der Waals surface area contributed by atoms with Crippen LogP contribution in [-0.4, -0.2) is 24.1 Å². The molecule has 3 heterocycles. The minimum Gasteiger partial charge on any atom is -0.308 e. The maximum Gasteiger partial charge on any atom is 0.194 e. The average Bonchev–Trinajstić information content (AvgIpc) is 3.99. The molecule has 0 aliphatic carbocycles. The molecule has 13 aromatic rings. The Balaban J connectivity index is 1.14. The number of hydrogen-bond donors (Lipinski definition) is 0. The number of rotatable bonds is 8. The van der Waals surface area contributed by atoms with Gasteiger partial charge in [-0.05, 0) is 106 Å². The van der Waals surface area contributed by atoms with E-state index in [2.05, 4.69) is 160 Å². The van der Waals surface area contributed by atoms with Crippen LogP contribution in [0.4, 0.5) is 5.69 Å². The van der Waals surface area contributed by atoms with Crippen LogP contribution in [0.1, 0.15) is 11.1 Å². The lowest BCUT2D eigenvalue weighted by molar-refractivity contribution is 1.06. The van der Waals surface area contributed by atoms with Crippen LogP contribution in [0.25, 0.3) is 127 Å². The summed E-state index contributed by atoms with van der Waals surface area (Å²) in [6.45, 7) is 8.17. The van der Waals surface area contributed by atoms with Gasteiger partial charge in [0.25, 0.3) is 0 Å². The van der Waals surface area contributed by atoms with Gasteiger partial charge in [0.15, 0.2) is 23.2 Å². The van der Waals surface area contributed by atoms with Crippen LogP contribution in [-0.2, 0) is 0 Å². The molecular formula is C66H38N8. The second kappa shape index (κ2) is 17.9. The molecule has 0 spiro atoms. The van der Waals surface area contributed by atoms with Crippen molar-refractivity contribution in [2.75, 3.05) is 0 Å². The number of aromatic nitrogens is 5. The normalized spacial score (nSPS) is 11.2. The van der Waals surface area contributed by atoms with Gasteiger partial charge in [-0.1, -0.05) is 158 Å². The molecule has 0 fully saturated rings. The fourth-order valence-corrected chi connectivity index (χ4v) is 10.5. The predicted octanol–water partition coefficient (Wildman–Crippen LogP) is 16.4. The minimum atomic E-state index is 0.429. The van der Waals surface area contributed by atoms with E-state index in [-0.39, 0.29) is 0 Å². The van der Waals surface area contributed by atoms with E-state index in [1.165, 1.54) is 0 Å². The van der Waals surface area contributed by atoms with E-state index >= 15 is 0 Å². The van der Waals surface area contributed by atoms with Gasteiger partial charge in [0.05, 0.1) is 63.3 Å². The third-order valence-corrected chi connectivity index (χ3v) is 13.9. The molecule has 0 amide bonds. The van der Waals surface area contributed by atoms with Crippen molar-refractivity contribution in [3.8, 4) is 91.1 Å². The summed E-state index contributed by atoms with van der Waals surface area (Å²) in [7, 11) is 0. The van der Waals surface area contributed by atoms with Gasteiger partial charge in [0.1, 0.15) is 0 Å². The summed E-state index contributed by atoms with van der Waals surface area (Å²) in [6.07, 6.45) is 0. The number of benzene rings is 10. The first-order chi connectivity index (χ1) is 36.6. The van der Waals surface area contributed by atoms with Crippen molar-refractivity contribution in [2.24, 2.45) is 0 Å². The van der Waals surface area contributed by atoms with Gasteiger partial charge in [-0.15, -0.1) is 0 Å². The summed E-state index contributed by atoms with van der Waals surface area (Å²) in [5.74, 6) is 1.30. The van der Waals surface area contributed by atoms with Crippen molar-refractivity contribution in [2.45, 2.75) is 0 Å². The first kappa shape index (κ1) is 43.3. The zero-order chi connectivity index (χ0) is 49.7. The fourth-order valence-electron chi connectivity index (χ4n) is 10.5. The lowest BCUT2D eigenvalue weighted by Crippen LogP contribution is -2.06. The van der Waals surface area contributed by atoms with Gasteiger partial charge in [-0.2, -0.15) is 10.5 Å². The van der Waals surface area contributed by atoms with Crippen molar-refractivity contribution < 1.29 is 0 Å². The monoisotopic (exact) mass is 942 g/mol. The second-order valence-electron chi connectivity index (χ2n) is 18.1. The Bertz CT molecular complexity index is 4210. The molecule has 0 aliphatic heterocycles. The largest absolute Gasteiger partial charge is 0.308 e. The molecule has 3 aromatic heterocycles. The number of nitrogens with zero attached hydrogens (tertiary/aromatic N) is 8. The smallest absolute Gasteiger partial charge is 0.194 e. The van der Waals surface area contributed by atoms with E-state index in [0.717, 1.165) is 105 Å². The Morgan fingerprint density at radius 3 is 1.14 bits per heavy atom. The lowest BCUT2D eigenvalue weighted by atomic mass is 9.97. The molecule has 13 rings (SSSR count). The Kier molecular flexibility index (Phi) is 10.5. The van der Waals surface area contributed by atoms with Gasteiger partial charge in [0.2, 0.25) is 0 Å². The van der Waals surface area contributed by atoms with Crippen LogP contribution >= 0.6 is 0 Å². The minimum absolute atomic E-state index is 0.429. The van der Waals surface area contributed by atoms with Gasteiger partial charge < -0.3 is 9.13 Å². The third kappa shape index (κ3) is 7.25. The van der Waals surface area contributed by atoms with E-state index in [4.69, 9.17) is 21.5 Å². The standard InChI is InChI=1S/C66H38N8/c1-69-57-27-9-4-21-49(57)48-20-2-3-26-54(48)64-70-65(55-34-32-46(44-18-14-16-42(36-44)40-67)38-62(55)73-58-28-10-5-22-50(58)51-23-6-11-29-59(51)73)72-66(71-64)56-35-33-47(45-19-15-17-43(37-45)41-68)39-63(56)74-60-30-12-7-24-52(60)53-25-8-13-31-61(53)74/h2-39H. The van der Waals surface area contributed by atoms with Gasteiger partial charge >= 0.3 is 0 Å². The predicted molar refractivity (Wildman–Crippen MR) is 297 cm³/mol. The molecule has 0 unspecified atom stereocenters. The first-order valence-corrected chi connectivity index (χ1v) is 24.2. The molecule has 8 heteroatoms. The zero-order valence-electron chi connectivity index (χ0n) is 39.5. The Labute approximate surface area is 426 Å². The molecule has 0 N–H and O–H groups in total.